The van der Waals surface area contributed by atoms with Crippen LogP contribution in [0.5, 0.6) is 0 Å². The average Bonchev–Trinajstić information content (AvgIpc) is 2.41. The van der Waals surface area contributed by atoms with E-state index in [-0.39, 0.29) is 23.9 Å². The summed E-state index contributed by atoms with van der Waals surface area (Å²) >= 11 is -0.433. The molecule has 0 unspecified atom stereocenters. The highest BCUT2D eigenvalue weighted by Gasteiger charge is 2.30. The van der Waals surface area contributed by atoms with Crippen molar-refractivity contribution >= 4 is 23.5 Å². The van der Waals surface area contributed by atoms with Crippen LogP contribution in [-0.2, 0) is 4.74 Å². The standard InChI is InChI=1S/C13H14F4N2O2S/c1-3-6-18-12(20)19(8-21-2)11-5-4-9(7-10(11)14)22-13(15,16)17/h3-5,7H,1,6,8H2,2H3,(H,18,20). The van der Waals surface area contributed by atoms with Crippen LogP contribution >= 0.6 is 11.8 Å². The van der Waals surface area contributed by atoms with Gasteiger partial charge in [-0.25, -0.2) is 9.18 Å². The van der Waals surface area contributed by atoms with Crippen molar-refractivity contribution in [3.63, 3.8) is 0 Å². The Morgan fingerprint density at radius 1 is 1.50 bits per heavy atom. The van der Waals surface area contributed by atoms with E-state index >= 15 is 0 Å². The Labute approximate surface area is 129 Å². The average molecular weight is 338 g/mol. The van der Waals surface area contributed by atoms with Gasteiger partial charge in [0.05, 0.1) is 5.69 Å². The highest BCUT2D eigenvalue weighted by Crippen LogP contribution is 2.38. The maximum atomic E-state index is 14.0. The number of hydrogen-bond donors (Lipinski definition) is 1. The van der Waals surface area contributed by atoms with Gasteiger partial charge in [-0.05, 0) is 30.0 Å². The Bertz CT molecular complexity index is 537. The number of ether oxygens (including phenoxy) is 1. The quantitative estimate of drug-likeness (QED) is 0.372. The summed E-state index contributed by atoms with van der Waals surface area (Å²) < 4.78 is 55.6. The third kappa shape index (κ3) is 5.57. The lowest BCUT2D eigenvalue weighted by Crippen LogP contribution is -2.41. The van der Waals surface area contributed by atoms with Crippen molar-refractivity contribution in [3.8, 4) is 0 Å². The van der Waals surface area contributed by atoms with E-state index in [0.717, 1.165) is 23.1 Å². The lowest BCUT2D eigenvalue weighted by atomic mass is 10.3. The molecule has 22 heavy (non-hydrogen) atoms. The van der Waals surface area contributed by atoms with Crippen LogP contribution in [-0.4, -0.2) is 31.9 Å². The summed E-state index contributed by atoms with van der Waals surface area (Å²) in [6.45, 7) is 3.32. The van der Waals surface area contributed by atoms with Gasteiger partial charge in [0.25, 0.3) is 0 Å². The highest BCUT2D eigenvalue weighted by molar-refractivity contribution is 8.00. The lowest BCUT2D eigenvalue weighted by Gasteiger charge is -2.22. The zero-order chi connectivity index (χ0) is 16.8. The summed E-state index contributed by atoms with van der Waals surface area (Å²) in [6.07, 6.45) is 1.43. The van der Waals surface area contributed by atoms with Gasteiger partial charge in [0.15, 0.2) is 0 Å². The lowest BCUT2D eigenvalue weighted by molar-refractivity contribution is -0.0328. The Balaban J connectivity index is 3.00. The number of benzene rings is 1. The molecular formula is C13H14F4N2O2S. The molecule has 1 rings (SSSR count). The normalized spacial score (nSPS) is 11.1. The van der Waals surface area contributed by atoms with Gasteiger partial charge >= 0.3 is 11.5 Å². The van der Waals surface area contributed by atoms with Crippen LogP contribution in [0.3, 0.4) is 0 Å². The first-order chi connectivity index (χ1) is 10.3. The van der Waals surface area contributed by atoms with E-state index in [0.29, 0.717) is 0 Å². The third-order valence-corrected chi connectivity index (χ3v) is 3.07. The molecule has 122 valence electrons. The molecule has 2 amide bonds. The fourth-order valence-corrected chi connectivity index (χ4v) is 2.09. The number of alkyl halides is 3. The number of carbonyl (C=O) groups excluding carboxylic acids is 1. The number of anilines is 1. The number of nitrogens with zero attached hydrogens (tertiary/aromatic N) is 1. The summed E-state index contributed by atoms with van der Waals surface area (Å²) in [5.41, 5.74) is -4.70. The van der Waals surface area contributed by atoms with Crippen molar-refractivity contribution in [2.24, 2.45) is 0 Å². The zero-order valence-electron chi connectivity index (χ0n) is 11.6. The first-order valence-electron chi connectivity index (χ1n) is 5.99. The van der Waals surface area contributed by atoms with Crippen LogP contribution in [0.1, 0.15) is 0 Å². The molecule has 0 atom stereocenters. The van der Waals surface area contributed by atoms with E-state index in [1.54, 1.807) is 0 Å². The highest BCUT2D eigenvalue weighted by atomic mass is 32.2. The van der Waals surface area contributed by atoms with Crippen molar-refractivity contribution < 1.29 is 27.1 Å². The summed E-state index contributed by atoms with van der Waals surface area (Å²) in [4.78, 5) is 12.5. The molecular weight excluding hydrogens is 324 g/mol. The van der Waals surface area contributed by atoms with E-state index in [9.17, 15) is 22.4 Å². The van der Waals surface area contributed by atoms with E-state index < -0.39 is 29.1 Å². The van der Waals surface area contributed by atoms with E-state index in [4.69, 9.17) is 4.74 Å². The molecule has 0 fully saturated rings. The summed E-state index contributed by atoms with van der Waals surface area (Å²) in [6, 6.07) is 2.24. The number of nitrogens with one attached hydrogen (secondary N) is 1. The first-order valence-corrected chi connectivity index (χ1v) is 6.80. The predicted molar refractivity (Wildman–Crippen MR) is 76.3 cm³/mol. The van der Waals surface area contributed by atoms with Crippen LogP contribution in [0.4, 0.5) is 28.0 Å². The number of carbonyl (C=O) groups is 1. The second-order valence-corrected chi connectivity index (χ2v) is 5.12. The maximum absolute atomic E-state index is 14.0. The van der Waals surface area contributed by atoms with Gasteiger partial charge in [-0.15, -0.1) is 6.58 Å². The summed E-state index contributed by atoms with van der Waals surface area (Å²) in [5.74, 6) is -0.958. The molecule has 0 saturated carbocycles. The van der Waals surface area contributed by atoms with E-state index in [1.165, 1.54) is 13.2 Å². The maximum Gasteiger partial charge on any atom is 0.446 e. The van der Waals surface area contributed by atoms with Crippen LogP contribution in [0.15, 0.2) is 35.7 Å². The molecule has 0 aliphatic rings. The molecule has 0 aliphatic carbocycles. The Kier molecular flexibility index (Phi) is 6.69. The number of rotatable bonds is 6. The largest absolute Gasteiger partial charge is 0.446 e. The monoisotopic (exact) mass is 338 g/mol. The first kappa shape index (κ1) is 18.3. The van der Waals surface area contributed by atoms with Gasteiger partial charge in [0, 0.05) is 18.6 Å². The molecule has 0 saturated heterocycles. The van der Waals surface area contributed by atoms with Crippen molar-refractivity contribution in [1.29, 1.82) is 0 Å². The third-order valence-electron chi connectivity index (χ3n) is 2.34. The molecule has 1 aromatic rings. The number of amides is 2. The second-order valence-electron chi connectivity index (χ2n) is 3.98. The Morgan fingerprint density at radius 3 is 2.68 bits per heavy atom. The van der Waals surface area contributed by atoms with Crippen LogP contribution in [0.25, 0.3) is 0 Å². The molecule has 9 heteroatoms. The van der Waals surface area contributed by atoms with Gasteiger partial charge in [-0.3, -0.25) is 4.90 Å². The second kappa shape index (κ2) is 8.04. The minimum atomic E-state index is -4.51. The van der Waals surface area contributed by atoms with Crippen LogP contribution in [0.2, 0.25) is 0 Å². The molecule has 0 heterocycles. The number of thioether (sulfide) groups is 1. The molecule has 1 N–H and O–H groups in total. The van der Waals surface area contributed by atoms with Gasteiger partial charge < -0.3 is 10.1 Å². The smallest absolute Gasteiger partial charge is 0.364 e. The molecule has 0 bridgehead atoms. The van der Waals surface area contributed by atoms with Gasteiger partial charge in [-0.1, -0.05) is 6.08 Å². The number of hydrogen-bond acceptors (Lipinski definition) is 3. The van der Waals surface area contributed by atoms with Crippen molar-refractivity contribution in [1.82, 2.24) is 5.32 Å². The fourth-order valence-electron chi connectivity index (χ4n) is 1.53. The number of urea groups is 1. The number of methoxy groups -OCH3 is 1. The van der Waals surface area contributed by atoms with Crippen molar-refractivity contribution in [3.05, 3.63) is 36.7 Å². The zero-order valence-corrected chi connectivity index (χ0v) is 12.4. The van der Waals surface area contributed by atoms with Gasteiger partial charge in [-0.2, -0.15) is 13.2 Å². The molecule has 0 radical (unpaired) electrons. The fraction of sp³-hybridized carbons (Fsp3) is 0.308. The molecule has 0 aromatic heterocycles. The van der Waals surface area contributed by atoms with Gasteiger partial charge in [0.2, 0.25) is 0 Å². The summed E-state index contributed by atoms with van der Waals surface area (Å²) in [5, 5.41) is 2.43. The molecule has 1 aromatic carbocycles. The Morgan fingerprint density at radius 2 is 2.18 bits per heavy atom. The predicted octanol–water partition coefficient (Wildman–Crippen LogP) is 3.74. The molecule has 0 spiro atoms. The minimum absolute atomic E-state index is 0.155. The Hall–Kier alpha value is -1.74. The van der Waals surface area contributed by atoms with E-state index in [1.807, 2.05) is 0 Å². The molecule has 4 nitrogen and oxygen atoms in total. The SMILES string of the molecule is C=CCNC(=O)N(COC)c1ccc(SC(F)(F)F)cc1F. The van der Waals surface area contributed by atoms with E-state index in [2.05, 4.69) is 11.9 Å². The van der Waals surface area contributed by atoms with Crippen LogP contribution in [0, 0.1) is 5.82 Å². The molecule has 0 aliphatic heterocycles. The van der Waals surface area contributed by atoms with Crippen LogP contribution < -0.4 is 10.2 Å². The number of halogens is 4. The van der Waals surface area contributed by atoms with Crippen molar-refractivity contribution in [2.45, 2.75) is 10.4 Å². The van der Waals surface area contributed by atoms with Crippen molar-refractivity contribution in [2.75, 3.05) is 25.3 Å². The summed E-state index contributed by atoms with van der Waals surface area (Å²) in [7, 11) is 1.31. The topological polar surface area (TPSA) is 41.6 Å². The minimum Gasteiger partial charge on any atom is -0.364 e. The van der Waals surface area contributed by atoms with Gasteiger partial charge in [0.1, 0.15) is 12.5 Å².